The molecule has 0 saturated carbocycles. The van der Waals surface area contributed by atoms with Crippen LogP contribution in [0.4, 0.5) is 5.69 Å². The second-order valence-corrected chi connectivity index (χ2v) is 6.58. The van der Waals surface area contributed by atoms with E-state index < -0.39 is 6.29 Å². The van der Waals surface area contributed by atoms with Gasteiger partial charge in [0, 0.05) is 22.3 Å². The van der Waals surface area contributed by atoms with Crippen LogP contribution in [-0.2, 0) is 4.84 Å². The number of aliphatic imine (C=N–C) groups is 1. The molecular formula is C18H14BrN3O3. The van der Waals surface area contributed by atoms with Crippen LogP contribution < -0.4 is 0 Å². The highest BCUT2D eigenvalue weighted by Gasteiger charge is 2.29. The van der Waals surface area contributed by atoms with Gasteiger partial charge in [0.15, 0.2) is 5.88 Å². The number of nitrogens with one attached hydrogen (secondary N) is 1. The van der Waals surface area contributed by atoms with E-state index in [9.17, 15) is 10.2 Å². The molecule has 4 rings (SSSR count). The lowest BCUT2D eigenvalue weighted by atomic mass is 10.0. The number of aliphatic hydroxyl groups excluding tert-OH is 1. The number of oxime groups is 1. The number of hydrogen-bond donors (Lipinski definition) is 3. The van der Waals surface area contributed by atoms with E-state index in [1.807, 2.05) is 42.5 Å². The number of hydrogen-bond acceptors (Lipinski definition) is 5. The Balaban J connectivity index is 1.93. The summed E-state index contributed by atoms with van der Waals surface area (Å²) in [5.41, 5.74) is 3.80. The van der Waals surface area contributed by atoms with Gasteiger partial charge in [-0.25, -0.2) is 4.99 Å². The summed E-state index contributed by atoms with van der Waals surface area (Å²) in [6.07, 6.45) is -1.05. The number of benzene rings is 2. The second-order valence-electron chi connectivity index (χ2n) is 5.66. The van der Waals surface area contributed by atoms with Crippen molar-refractivity contribution in [3.05, 3.63) is 58.1 Å². The predicted molar refractivity (Wildman–Crippen MR) is 99.6 cm³/mol. The molecule has 6 nitrogen and oxygen atoms in total. The molecule has 7 heteroatoms. The first-order chi connectivity index (χ1) is 12.0. The van der Waals surface area contributed by atoms with Gasteiger partial charge in [-0.15, -0.1) is 0 Å². The van der Waals surface area contributed by atoms with Crippen molar-refractivity contribution in [2.75, 3.05) is 0 Å². The Kier molecular flexibility index (Phi) is 3.82. The molecule has 0 bridgehead atoms. The van der Waals surface area contributed by atoms with Gasteiger partial charge in [0.05, 0.1) is 16.8 Å². The summed E-state index contributed by atoms with van der Waals surface area (Å²) in [6, 6.07) is 13.2. The topological polar surface area (TPSA) is 90.2 Å². The smallest absolute Gasteiger partial charge is 0.221 e. The van der Waals surface area contributed by atoms with Gasteiger partial charge < -0.3 is 20.0 Å². The molecule has 25 heavy (non-hydrogen) atoms. The van der Waals surface area contributed by atoms with Crippen LogP contribution in [-0.4, -0.2) is 32.9 Å². The van der Waals surface area contributed by atoms with Crippen molar-refractivity contribution in [2.45, 2.75) is 13.2 Å². The summed E-state index contributed by atoms with van der Waals surface area (Å²) < 4.78 is 0.899. The maximum absolute atomic E-state index is 10.5. The van der Waals surface area contributed by atoms with Crippen molar-refractivity contribution in [3.8, 4) is 5.88 Å². The van der Waals surface area contributed by atoms with E-state index >= 15 is 0 Å². The Morgan fingerprint density at radius 3 is 2.84 bits per heavy atom. The summed E-state index contributed by atoms with van der Waals surface area (Å²) in [7, 11) is 0. The maximum Gasteiger partial charge on any atom is 0.221 e. The number of nitrogens with zero attached hydrogens (tertiary/aromatic N) is 2. The summed E-state index contributed by atoms with van der Waals surface area (Å²) >= 11 is 3.42. The number of aromatic nitrogens is 1. The molecule has 0 amide bonds. The second kappa shape index (κ2) is 6.02. The van der Waals surface area contributed by atoms with E-state index in [0.717, 1.165) is 26.6 Å². The van der Waals surface area contributed by atoms with E-state index in [4.69, 9.17) is 4.84 Å². The van der Waals surface area contributed by atoms with Gasteiger partial charge in [-0.3, -0.25) is 0 Å². The summed E-state index contributed by atoms with van der Waals surface area (Å²) in [4.78, 5) is 12.6. The molecule has 1 atom stereocenters. The van der Waals surface area contributed by atoms with Gasteiger partial charge >= 0.3 is 0 Å². The standard InChI is InChI=1S/C18H14BrN3O3/c1-9(23)25-22-16-12-4-2-3-5-13(12)20-17(16)15-11-7-6-10(19)8-14(11)21-18(15)24/h2-9,21,23-24H,1H3/b22-16+. The molecule has 2 heterocycles. The third kappa shape index (κ3) is 2.71. The molecular weight excluding hydrogens is 386 g/mol. The number of aromatic hydroxyl groups is 1. The number of H-pyrrole nitrogens is 1. The Labute approximate surface area is 151 Å². The molecule has 1 unspecified atom stereocenters. The Hall–Kier alpha value is -2.64. The first-order valence-electron chi connectivity index (χ1n) is 7.65. The SMILES string of the molecule is CC(O)O/N=C1/C(c2c(O)[nH]c3cc(Br)ccc23)=Nc2ccccc21. The Morgan fingerprint density at radius 1 is 1.24 bits per heavy atom. The van der Waals surface area contributed by atoms with Gasteiger partial charge in [0.1, 0.15) is 11.4 Å². The molecule has 126 valence electrons. The quantitative estimate of drug-likeness (QED) is 0.461. The van der Waals surface area contributed by atoms with Crippen molar-refractivity contribution >= 4 is 43.9 Å². The van der Waals surface area contributed by atoms with Crippen LogP contribution in [0.25, 0.3) is 10.9 Å². The molecule has 0 radical (unpaired) electrons. The Bertz CT molecular complexity index is 1040. The number of fused-ring (bicyclic) bond motifs is 2. The maximum atomic E-state index is 10.5. The number of aliphatic hydroxyl groups is 1. The molecule has 0 fully saturated rings. The highest BCUT2D eigenvalue weighted by Crippen LogP contribution is 2.36. The van der Waals surface area contributed by atoms with Crippen molar-refractivity contribution in [1.82, 2.24) is 4.98 Å². The molecule has 1 aliphatic heterocycles. The normalized spacial score (nSPS) is 16.1. The molecule has 3 N–H and O–H groups in total. The number of para-hydroxylation sites is 1. The average Bonchev–Trinajstić information content (AvgIpc) is 3.08. The van der Waals surface area contributed by atoms with Crippen LogP contribution in [0.3, 0.4) is 0 Å². The summed E-state index contributed by atoms with van der Waals surface area (Å²) in [6.45, 7) is 1.47. The fourth-order valence-corrected chi connectivity index (χ4v) is 3.22. The van der Waals surface area contributed by atoms with Crippen molar-refractivity contribution in [2.24, 2.45) is 10.1 Å². The van der Waals surface area contributed by atoms with Crippen LogP contribution in [0.5, 0.6) is 5.88 Å². The largest absolute Gasteiger partial charge is 0.494 e. The van der Waals surface area contributed by atoms with Gasteiger partial charge in [0.2, 0.25) is 6.29 Å². The van der Waals surface area contributed by atoms with Crippen LogP contribution in [0, 0.1) is 0 Å². The fraction of sp³-hybridized carbons (Fsp3) is 0.111. The van der Waals surface area contributed by atoms with Crippen molar-refractivity contribution in [1.29, 1.82) is 0 Å². The lowest BCUT2D eigenvalue weighted by Gasteiger charge is -2.06. The zero-order valence-electron chi connectivity index (χ0n) is 13.2. The van der Waals surface area contributed by atoms with E-state index in [1.54, 1.807) is 0 Å². The molecule has 1 aromatic heterocycles. The summed E-state index contributed by atoms with van der Waals surface area (Å²) in [5.74, 6) is 0.00408. The lowest BCUT2D eigenvalue weighted by Crippen LogP contribution is -2.15. The van der Waals surface area contributed by atoms with Crippen molar-refractivity contribution in [3.63, 3.8) is 0 Å². The highest BCUT2D eigenvalue weighted by molar-refractivity contribution is 9.10. The van der Waals surface area contributed by atoms with Gasteiger partial charge in [-0.2, -0.15) is 0 Å². The first-order valence-corrected chi connectivity index (χ1v) is 8.45. The zero-order valence-corrected chi connectivity index (χ0v) is 14.8. The lowest BCUT2D eigenvalue weighted by molar-refractivity contribution is -0.0833. The zero-order chi connectivity index (χ0) is 17.6. The fourth-order valence-electron chi connectivity index (χ4n) is 2.86. The van der Waals surface area contributed by atoms with E-state index in [-0.39, 0.29) is 5.88 Å². The van der Waals surface area contributed by atoms with Crippen molar-refractivity contribution < 1.29 is 15.1 Å². The number of halogens is 1. The van der Waals surface area contributed by atoms with Crippen LogP contribution in [0.1, 0.15) is 18.1 Å². The molecule has 1 aliphatic rings. The summed E-state index contributed by atoms with van der Waals surface area (Å²) in [5, 5.41) is 24.8. The predicted octanol–water partition coefficient (Wildman–Crippen LogP) is 3.83. The monoisotopic (exact) mass is 399 g/mol. The van der Waals surface area contributed by atoms with Gasteiger partial charge in [0.25, 0.3) is 0 Å². The molecule has 0 saturated heterocycles. The number of aromatic amines is 1. The third-order valence-electron chi connectivity index (χ3n) is 3.89. The third-order valence-corrected chi connectivity index (χ3v) is 4.38. The van der Waals surface area contributed by atoms with Gasteiger partial charge in [-0.1, -0.05) is 45.4 Å². The molecule has 3 aromatic rings. The Morgan fingerprint density at radius 2 is 2.04 bits per heavy atom. The van der Waals surface area contributed by atoms with Crippen LogP contribution in [0.15, 0.2) is 57.1 Å². The van der Waals surface area contributed by atoms with Crippen LogP contribution >= 0.6 is 15.9 Å². The number of rotatable bonds is 3. The average molecular weight is 400 g/mol. The van der Waals surface area contributed by atoms with E-state index in [2.05, 4.69) is 31.1 Å². The minimum atomic E-state index is -1.05. The first kappa shape index (κ1) is 15.9. The molecule has 0 aliphatic carbocycles. The molecule has 0 spiro atoms. The van der Waals surface area contributed by atoms with Gasteiger partial charge in [-0.05, 0) is 18.2 Å². The van der Waals surface area contributed by atoms with Crippen LogP contribution in [0.2, 0.25) is 0 Å². The highest BCUT2D eigenvalue weighted by atomic mass is 79.9. The molecule has 2 aromatic carbocycles. The van der Waals surface area contributed by atoms with E-state index in [1.165, 1.54) is 6.92 Å². The minimum Gasteiger partial charge on any atom is -0.494 e. The van der Waals surface area contributed by atoms with E-state index in [0.29, 0.717) is 17.0 Å². The minimum absolute atomic E-state index is 0.00408.